The van der Waals surface area contributed by atoms with Crippen LogP contribution in [0.3, 0.4) is 0 Å². The molecule has 1 aliphatic heterocycles. The standard InChI is InChI=1S/C32H27ClF3N3O/c33-27-8-9-28(32(34,35)36)26(16-27)19-39-11-10-37-31-29(39)17-25(18-38-31)23-6-3-7-24(15-23)30(40)14-20-12-21-4-1-2-5-22(21)13-20/h1-9,15-18,20H,10-14,19H2,(H,37,38). The summed E-state index contributed by atoms with van der Waals surface area (Å²) in [6, 6.07) is 21.5. The second kappa shape index (κ2) is 10.6. The molecule has 0 spiro atoms. The van der Waals surface area contributed by atoms with Gasteiger partial charge in [-0.2, -0.15) is 13.2 Å². The summed E-state index contributed by atoms with van der Waals surface area (Å²) < 4.78 is 41.1. The van der Waals surface area contributed by atoms with Crippen LogP contribution in [0.25, 0.3) is 11.1 Å². The maximum atomic E-state index is 13.7. The van der Waals surface area contributed by atoms with Crippen LogP contribution in [0.2, 0.25) is 5.02 Å². The summed E-state index contributed by atoms with van der Waals surface area (Å²) in [4.78, 5) is 19.7. The Hall–Kier alpha value is -3.84. The molecule has 0 atom stereocenters. The fourth-order valence-electron chi connectivity index (χ4n) is 5.80. The summed E-state index contributed by atoms with van der Waals surface area (Å²) in [5.74, 6) is 1.01. The highest BCUT2D eigenvalue weighted by atomic mass is 35.5. The monoisotopic (exact) mass is 561 g/mol. The van der Waals surface area contributed by atoms with E-state index in [4.69, 9.17) is 11.6 Å². The normalized spacial score (nSPS) is 14.9. The van der Waals surface area contributed by atoms with Crippen molar-refractivity contribution < 1.29 is 18.0 Å². The Morgan fingerprint density at radius 2 is 1.75 bits per heavy atom. The van der Waals surface area contributed by atoms with Crippen LogP contribution in [0.15, 0.2) is 79.0 Å². The van der Waals surface area contributed by atoms with E-state index in [-0.39, 0.29) is 22.9 Å². The highest BCUT2D eigenvalue weighted by Crippen LogP contribution is 2.37. The van der Waals surface area contributed by atoms with Gasteiger partial charge in [0.25, 0.3) is 0 Å². The SMILES string of the molecule is O=C(CC1Cc2ccccc2C1)c1cccc(-c2cnc3c(c2)N(Cc2cc(Cl)ccc2C(F)(F)F)CCN3)c1. The number of nitrogens with zero attached hydrogens (tertiary/aromatic N) is 2. The van der Waals surface area contributed by atoms with Crippen LogP contribution >= 0.6 is 11.6 Å². The molecule has 3 aromatic carbocycles. The van der Waals surface area contributed by atoms with E-state index in [9.17, 15) is 18.0 Å². The lowest BCUT2D eigenvalue weighted by Crippen LogP contribution is -2.34. The number of benzene rings is 3. The van der Waals surface area contributed by atoms with E-state index < -0.39 is 11.7 Å². The molecule has 1 aromatic heterocycles. The molecule has 2 heterocycles. The molecule has 0 fully saturated rings. The number of carbonyl (C=O) groups is 1. The molecular formula is C32H27ClF3N3O. The van der Waals surface area contributed by atoms with Crippen LogP contribution in [-0.2, 0) is 25.6 Å². The smallest absolute Gasteiger partial charge is 0.367 e. The number of ketones is 1. The summed E-state index contributed by atoms with van der Waals surface area (Å²) >= 11 is 6.07. The van der Waals surface area contributed by atoms with Crippen molar-refractivity contribution in [3.63, 3.8) is 0 Å². The predicted octanol–water partition coefficient (Wildman–Crippen LogP) is 7.84. The predicted molar refractivity (Wildman–Crippen MR) is 152 cm³/mol. The number of nitrogens with one attached hydrogen (secondary N) is 1. The molecule has 6 rings (SSSR count). The molecule has 4 aromatic rings. The Kier molecular flexibility index (Phi) is 7.00. The lowest BCUT2D eigenvalue weighted by atomic mass is 9.94. The Morgan fingerprint density at radius 1 is 0.975 bits per heavy atom. The van der Waals surface area contributed by atoms with Crippen molar-refractivity contribution in [3.8, 4) is 11.1 Å². The second-order valence-corrected chi connectivity index (χ2v) is 10.9. The maximum absolute atomic E-state index is 13.7. The zero-order valence-corrected chi connectivity index (χ0v) is 22.4. The summed E-state index contributed by atoms with van der Waals surface area (Å²) in [5, 5.41) is 3.49. The van der Waals surface area contributed by atoms with Crippen molar-refractivity contribution in [1.29, 1.82) is 0 Å². The third-order valence-corrected chi connectivity index (χ3v) is 7.98. The van der Waals surface area contributed by atoms with Crippen molar-refractivity contribution in [3.05, 3.63) is 112 Å². The molecule has 0 bridgehead atoms. The Morgan fingerprint density at radius 3 is 2.50 bits per heavy atom. The van der Waals surface area contributed by atoms with Crippen LogP contribution in [0, 0.1) is 5.92 Å². The molecule has 0 amide bonds. The second-order valence-electron chi connectivity index (χ2n) is 10.5. The lowest BCUT2D eigenvalue weighted by Gasteiger charge is -2.32. The molecule has 204 valence electrons. The van der Waals surface area contributed by atoms with Crippen molar-refractivity contribution in [2.24, 2.45) is 5.92 Å². The number of hydrogen-bond donors (Lipinski definition) is 1. The van der Waals surface area contributed by atoms with E-state index in [1.807, 2.05) is 47.4 Å². The van der Waals surface area contributed by atoms with Crippen LogP contribution in [0.1, 0.15) is 39.0 Å². The van der Waals surface area contributed by atoms with Crippen molar-refractivity contribution >= 4 is 28.9 Å². The maximum Gasteiger partial charge on any atom is 0.416 e. The summed E-state index contributed by atoms with van der Waals surface area (Å²) in [5.41, 5.74) is 5.04. The zero-order chi connectivity index (χ0) is 27.9. The van der Waals surface area contributed by atoms with Gasteiger partial charge in [0.1, 0.15) is 5.82 Å². The Balaban J connectivity index is 1.24. The van der Waals surface area contributed by atoms with Gasteiger partial charge >= 0.3 is 6.18 Å². The van der Waals surface area contributed by atoms with Crippen LogP contribution < -0.4 is 10.2 Å². The first-order chi connectivity index (χ1) is 19.2. The minimum absolute atomic E-state index is 0.0392. The van der Waals surface area contributed by atoms with Gasteiger partial charge in [-0.15, -0.1) is 0 Å². The molecule has 2 aliphatic rings. The quantitative estimate of drug-likeness (QED) is 0.244. The van der Waals surface area contributed by atoms with E-state index in [2.05, 4.69) is 22.4 Å². The topological polar surface area (TPSA) is 45.2 Å². The number of alkyl halides is 3. The average molecular weight is 562 g/mol. The number of fused-ring (bicyclic) bond motifs is 2. The number of carbonyl (C=O) groups excluding carboxylic acids is 1. The number of aromatic nitrogens is 1. The third-order valence-electron chi connectivity index (χ3n) is 7.74. The van der Waals surface area contributed by atoms with Gasteiger partial charge in [0, 0.05) is 48.4 Å². The average Bonchev–Trinajstić information content (AvgIpc) is 3.35. The highest BCUT2D eigenvalue weighted by molar-refractivity contribution is 6.30. The molecule has 0 unspecified atom stereocenters. The van der Waals surface area contributed by atoms with E-state index in [1.165, 1.54) is 23.3 Å². The van der Waals surface area contributed by atoms with E-state index in [0.29, 0.717) is 42.5 Å². The van der Waals surface area contributed by atoms with E-state index in [0.717, 1.165) is 30.0 Å². The minimum Gasteiger partial charge on any atom is -0.367 e. The molecule has 0 radical (unpaired) electrons. The van der Waals surface area contributed by atoms with Crippen molar-refractivity contribution in [2.45, 2.75) is 32.0 Å². The lowest BCUT2D eigenvalue weighted by molar-refractivity contribution is -0.138. The van der Waals surface area contributed by atoms with Crippen LogP contribution in [0.4, 0.5) is 24.7 Å². The number of rotatable bonds is 6. The number of Topliss-reactive ketones (excluding diaryl/α,β-unsaturated/α-hetero) is 1. The highest BCUT2D eigenvalue weighted by Gasteiger charge is 2.34. The van der Waals surface area contributed by atoms with Gasteiger partial charge in [-0.25, -0.2) is 4.98 Å². The van der Waals surface area contributed by atoms with E-state index in [1.54, 1.807) is 6.20 Å². The first-order valence-electron chi connectivity index (χ1n) is 13.3. The molecule has 0 saturated heterocycles. The number of pyridine rings is 1. The van der Waals surface area contributed by atoms with Crippen molar-refractivity contribution in [1.82, 2.24) is 4.98 Å². The fourth-order valence-corrected chi connectivity index (χ4v) is 6.00. The van der Waals surface area contributed by atoms with Crippen LogP contribution in [-0.4, -0.2) is 23.9 Å². The van der Waals surface area contributed by atoms with Gasteiger partial charge in [0.05, 0.1) is 11.3 Å². The molecule has 8 heteroatoms. The van der Waals surface area contributed by atoms with Crippen LogP contribution in [0.5, 0.6) is 0 Å². The third kappa shape index (κ3) is 5.43. The van der Waals surface area contributed by atoms with Gasteiger partial charge in [0.15, 0.2) is 5.78 Å². The molecule has 1 aliphatic carbocycles. The Bertz CT molecular complexity index is 1560. The fraction of sp³-hybridized carbons (Fsp3) is 0.250. The number of hydrogen-bond acceptors (Lipinski definition) is 4. The molecule has 0 saturated carbocycles. The zero-order valence-electron chi connectivity index (χ0n) is 21.6. The summed E-state index contributed by atoms with van der Waals surface area (Å²) in [6.07, 6.45) is -0.429. The van der Waals surface area contributed by atoms with Crippen molar-refractivity contribution in [2.75, 3.05) is 23.3 Å². The number of anilines is 2. The first kappa shape index (κ1) is 26.4. The molecule has 1 N–H and O–H groups in total. The summed E-state index contributed by atoms with van der Waals surface area (Å²) in [6.45, 7) is 1.10. The molecular weight excluding hydrogens is 535 g/mol. The van der Waals surface area contributed by atoms with Gasteiger partial charge < -0.3 is 10.2 Å². The largest absolute Gasteiger partial charge is 0.416 e. The molecule has 4 nitrogen and oxygen atoms in total. The minimum atomic E-state index is -4.48. The van der Waals surface area contributed by atoms with Gasteiger partial charge in [-0.3, -0.25) is 4.79 Å². The number of halogens is 4. The summed E-state index contributed by atoms with van der Waals surface area (Å²) in [7, 11) is 0. The van der Waals surface area contributed by atoms with Gasteiger partial charge in [-0.05, 0) is 71.3 Å². The van der Waals surface area contributed by atoms with E-state index >= 15 is 0 Å². The van der Waals surface area contributed by atoms with Gasteiger partial charge in [0.2, 0.25) is 0 Å². The van der Waals surface area contributed by atoms with Gasteiger partial charge in [-0.1, -0.05) is 54.1 Å². The Labute approximate surface area is 235 Å². The molecule has 40 heavy (non-hydrogen) atoms. The first-order valence-corrected chi connectivity index (χ1v) is 13.7.